The zero-order valence-corrected chi connectivity index (χ0v) is 14.0. The van der Waals surface area contributed by atoms with Crippen molar-refractivity contribution in [2.24, 2.45) is 5.92 Å². The van der Waals surface area contributed by atoms with Crippen LogP contribution in [-0.4, -0.2) is 33.4 Å². The molecular weight excluding hydrogens is 306 g/mol. The topological polar surface area (TPSA) is 84.2 Å². The quantitative estimate of drug-likeness (QED) is 0.805. The van der Waals surface area contributed by atoms with Crippen LogP contribution in [0.25, 0.3) is 11.3 Å². The highest BCUT2D eigenvalue weighted by atomic mass is 16.3. The fraction of sp³-hybridized carbons (Fsp3) is 0.389. The van der Waals surface area contributed by atoms with Crippen LogP contribution < -0.4 is 10.9 Å². The van der Waals surface area contributed by atoms with Crippen LogP contribution >= 0.6 is 0 Å². The summed E-state index contributed by atoms with van der Waals surface area (Å²) in [5.74, 6) is 0.0132. The fourth-order valence-corrected chi connectivity index (χ4v) is 2.48. The van der Waals surface area contributed by atoms with Gasteiger partial charge in [0.15, 0.2) is 0 Å². The van der Waals surface area contributed by atoms with Crippen LogP contribution in [0.4, 0.5) is 0 Å². The Hall–Kier alpha value is -2.47. The van der Waals surface area contributed by atoms with Gasteiger partial charge in [0.2, 0.25) is 5.91 Å². The number of aromatic nitrogens is 2. The Morgan fingerprint density at radius 3 is 2.54 bits per heavy atom. The van der Waals surface area contributed by atoms with Gasteiger partial charge in [0.05, 0.1) is 18.3 Å². The molecule has 0 spiro atoms. The maximum absolute atomic E-state index is 12.1. The number of rotatable bonds is 7. The minimum absolute atomic E-state index is 0.129. The van der Waals surface area contributed by atoms with E-state index in [2.05, 4.69) is 10.4 Å². The molecule has 0 saturated carbocycles. The van der Waals surface area contributed by atoms with E-state index >= 15 is 0 Å². The highest BCUT2D eigenvalue weighted by molar-refractivity contribution is 5.76. The maximum atomic E-state index is 12.1. The van der Waals surface area contributed by atoms with E-state index in [4.69, 9.17) is 0 Å². The molecule has 1 amide bonds. The molecule has 0 fully saturated rings. The van der Waals surface area contributed by atoms with E-state index in [1.54, 1.807) is 6.07 Å². The summed E-state index contributed by atoms with van der Waals surface area (Å²) in [4.78, 5) is 24.1. The third-order valence-electron chi connectivity index (χ3n) is 3.57. The number of carbonyl (C=O) groups is 1. The normalized spacial score (nSPS) is 12.2. The molecule has 0 aliphatic heterocycles. The smallest absolute Gasteiger partial charge is 0.267 e. The molecule has 24 heavy (non-hydrogen) atoms. The standard InChI is InChI=1S/C18H23N3O3/c1-13(2)10-15(12-22)19-17(23)11-21-18(24)9-8-16(20-21)14-6-4-3-5-7-14/h3-9,13,15,22H,10-12H2,1-2H3,(H,19,23). The molecule has 2 N–H and O–H groups in total. The summed E-state index contributed by atoms with van der Waals surface area (Å²) < 4.78 is 1.14. The van der Waals surface area contributed by atoms with E-state index in [1.807, 2.05) is 44.2 Å². The molecule has 6 nitrogen and oxygen atoms in total. The molecule has 0 bridgehead atoms. The van der Waals surface area contributed by atoms with Crippen LogP contribution in [0.3, 0.4) is 0 Å². The summed E-state index contributed by atoms with van der Waals surface area (Å²) in [6.07, 6.45) is 0.675. The number of nitrogens with one attached hydrogen (secondary N) is 1. The first-order valence-electron chi connectivity index (χ1n) is 8.03. The van der Waals surface area contributed by atoms with Gasteiger partial charge in [0, 0.05) is 11.6 Å². The Labute approximate surface area is 141 Å². The number of hydrogen-bond acceptors (Lipinski definition) is 4. The van der Waals surface area contributed by atoms with Gasteiger partial charge in [0.1, 0.15) is 6.54 Å². The number of carbonyl (C=O) groups excluding carboxylic acids is 1. The van der Waals surface area contributed by atoms with Gasteiger partial charge in [-0.1, -0.05) is 44.2 Å². The van der Waals surface area contributed by atoms with Crippen molar-refractivity contribution in [3.63, 3.8) is 0 Å². The van der Waals surface area contributed by atoms with Crippen molar-refractivity contribution < 1.29 is 9.90 Å². The lowest BCUT2D eigenvalue weighted by molar-refractivity contribution is -0.123. The minimum Gasteiger partial charge on any atom is -0.394 e. The predicted octanol–water partition coefficient (Wildman–Crippen LogP) is 1.43. The van der Waals surface area contributed by atoms with Crippen LogP contribution in [0.15, 0.2) is 47.3 Å². The molecule has 1 unspecified atom stereocenters. The predicted molar refractivity (Wildman–Crippen MR) is 92.4 cm³/mol. The minimum atomic E-state index is -0.339. The number of nitrogens with zero attached hydrogens (tertiary/aromatic N) is 2. The largest absolute Gasteiger partial charge is 0.394 e. The van der Waals surface area contributed by atoms with Gasteiger partial charge in [-0.05, 0) is 18.4 Å². The van der Waals surface area contributed by atoms with E-state index in [0.29, 0.717) is 18.0 Å². The number of hydrogen-bond donors (Lipinski definition) is 2. The fourth-order valence-electron chi connectivity index (χ4n) is 2.48. The summed E-state index contributed by atoms with van der Waals surface area (Å²) in [7, 11) is 0. The van der Waals surface area contributed by atoms with Crippen molar-refractivity contribution in [1.82, 2.24) is 15.1 Å². The lowest BCUT2D eigenvalue weighted by Gasteiger charge is -2.18. The van der Waals surface area contributed by atoms with Crippen molar-refractivity contribution in [2.45, 2.75) is 32.9 Å². The van der Waals surface area contributed by atoms with Crippen molar-refractivity contribution in [1.29, 1.82) is 0 Å². The number of amides is 1. The highest BCUT2D eigenvalue weighted by Gasteiger charge is 2.14. The molecule has 0 saturated heterocycles. The van der Waals surface area contributed by atoms with Crippen LogP contribution in [0, 0.1) is 5.92 Å². The second-order valence-electron chi connectivity index (χ2n) is 6.16. The summed E-state index contributed by atoms with van der Waals surface area (Å²) in [6, 6.07) is 12.2. The Balaban J connectivity index is 2.11. The van der Waals surface area contributed by atoms with Gasteiger partial charge in [-0.15, -0.1) is 0 Å². The molecule has 0 aliphatic rings. The van der Waals surface area contributed by atoms with E-state index in [9.17, 15) is 14.7 Å². The molecule has 1 heterocycles. The van der Waals surface area contributed by atoms with Crippen LogP contribution in [0.5, 0.6) is 0 Å². The van der Waals surface area contributed by atoms with Gasteiger partial charge in [-0.25, -0.2) is 4.68 Å². The van der Waals surface area contributed by atoms with E-state index in [-0.39, 0.29) is 30.7 Å². The van der Waals surface area contributed by atoms with E-state index < -0.39 is 0 Å². The van der Waals surface area contributed by atoms with Crippen molar-refractivity contribution in [3.8, 4) is 11.3 Å². The molecule has 1 aromatic carbocycles. The second kappa shape index (κ2) is 8.40. The van der Waals surface area contributed by atoms with Gasteiger partial charge in [-0.3, -0.25) is 9.59 Å². The zero-order chi connectivity index (χ0) is 17.5. The van der Waals surface area contributed by atoms with Crippen LogP contribution in [0.1, 0.15) is 20.3 Å². The molecule has 2 aromatic rings. The zero-order valence-electron chi connectivity index (χ0n) is 14.0. The number of aliphatic hydroxyl groups is 1. The molecule has 1 atom stereocenters. The lowest BCUT2D eigenvalue weighted by Crippen LogP contribution is -2.42. The molecule has 0 aliphatic carbocycles. The second-order valence-corrected chi connectivity index (χ2v) is 6.16. The molecular formula is C18H23N3O3. The molecule has 2 rings (SSSR count). The Morgan fingerprint density at radius 1 is 1.21 bits per heavy atom. The van der Waals surface area contributed by atoms with E-state index in [1.165, 1.54) is 6.07 Å². The Kier molecular flexibility index (Phi) is 6.26. The highest BCUT2D eigenvalue weighted by Crippen LogP contribution is 2.13. The van der Waals surface area contributed by atoms with Gasteiger partial charge in [0.25, 0.3) is 5.56 Å². The van der Waals surface area contributed by atoms with Crippen LogP contribution in [0.2, 0.25) is 0 Å². The molecule has 1 aromatic heterocycles. The van der Waals surface area contributed by atoms with Gasteiger partial charge < -0.3 is 10.4 Å². The summed E-state index contributed by atoms with van der Waals surface area (Å²) >= 11 is 0. The third-order valence-corrected chi connectivity index (χ3v) is 3.57. The molecule has 0 radical (unpaired) electrons. The van der Waals surface area contributed by atoms with E-state index in [0.717, 1.165) is 10.2 Å². The Morgan fingerprint density at radius 2 is 1.92 bits per heavy atom. The number of benzene rings is 1. The first-order chi connectivity index (χ1) is 11.5. The first kappa shape index (κ1) is 17.9. The average Bonchev–Trinajstić information content (AvgIpc) is 2.56. The monoisotopic (exact) mass is 329 g/mol. The van der Waals surface area contributed by atoms with Crippen molar-refractivity contribution in [2.75, 3.05) is 6.61 Å². The maximum Gasteiger partial charge on any atom is 0.267 e. The third kappa shape index (κ3) is 5.03. The first-order valence-corrected chi connectivity index (χ1v) is 8.03. The molecule has 128 valence electrons. The summed E-state index contributed by atoms with van der Waals surface area (Å²) in [6.45, 7) is 3.73. The van der Waals surface area contributed by atoms with Crippen LogP contribution in [-0.2, 0) is 11.3 Å². The number of aliphatic hydroxyl groups excluding tert-OH is 1. The lowest BCUT2D eigenvalue weighted by atomic mass is 10.0. The van der Waals surface area contributed by atoms with Crippen molar-refractivity contribution in [3.05, 3.63) is 52.8 Å². The molecule has 6 heteroatoms. The Bertz CT molecular complexity index is 726. The average molecular weight is 329 g/mol. The van der Waals surface area contributed by atoms with Gasteiger partial charge >= 0.3 is 0 Å². The SMILES string of the molecule is CC(C)CC(CO)NC(=O)Cn1nc(-c2ccccc2)ccc1=O. The summed E-state index contributed by atoms with van der Waals surface area (Å²) in [5, 5.41) is 16.3. The summed E-state index contributed by atoms with van der Waals surface area (Å²) in [5.41, 5.74) is 1.16. The van der Waals surface area contributed by atoms with Gasteiger partial charge in [-0.2, -0.15) is 5.10 Å². The van der Waals surface area contributed by atoms with Crippen molar-refractivity contribution >= 4 is 5.91 Å².